The first-order valence-electron chi connectivity index (χ1n) is 6.00. The second kappa shape index (κ2) is 5.27. The minimum Gasteiger partial charge on any atom is -0.396 e. The molecule has 2 atom stereocenters. The van der Waals surface area contributed by atoms with Crippen LogP contribution in [0.4, 0.5) is 0 Å². The molecule has 0 aromatic carbocycles. The van der Waals surface area contributed by atoms with Gasteiger partial charge in [0.1, 0.15) is 5.82 Å². The first kappa shape index (κ1) is 12.7. The van der Waals surface area contributed by atoms with Crippen molar-refractivity contribution in [3.05, 3.63) is 35.4 Å². The number of nitrogens with one attached hydrogen (secondary N) is 1. The molecule has 2 N–H and O–H groups in total. The highest BCUT2D eigenvalue weighted by Gasteiger charge is 2.21. The van der Waals surface area contributed by atoms with E-state index < -0.39 is 0 Å². The maximum Gasteiger partial charge on any atom is 0.255 e. The van der Waals surface area contributed by atoms with Crippen molar-refractivity contribution in [3.63, 3.8) is 0 Å². The maximum atomic E-state index is 12.0. The molecule has 1 aromatic heterocycles. The first-order chi connectivity index (χ1) is 8.60. The lowest BCUT2D eigenvalue weighted by Crippen LogP contribution is -2.33. The van der Waals surface area contributed by atoms with Crippen LogP contribution in [0.2, 0.25) is 0 Å². The van der Waals surface area contributed by atoms with Gasteiger partial charge in [0.2, 0.25) is 0 Å². The van der Waals surface area contributed by atoms with Gasteiger partial charge in [-0.15, -0.1) is 0 Å². The highest BCUT2D eigenvalue weighted by Crippen LogP contribution is 2.17. The van der Waals surface area contributed by atoms with E-state index >= 15 is 0 Å². The van der Waals surface area contributed by atoms with Gasteiger partial charge in [0.25, 0.3) is 5.91 Å². The fraction of sp³-hybridized carbons (Fsp3) is 0.462. The third kappa shape index (κ3) is 2.73. The summed E-state index contributed by atoms with van der Waals surface area (Å²) in [4.78, 5) is 20.2. The van der Waals surface area contributed by atoms with Crippen molar-refractivity contribution >= 4 is 5.91 Å². The first-order valence-corrected chi connectivity index (χ1v) is 6.00. The molecule has 1 aliphatic rings. The largest absolute Gasteiger partial charge is 0.396 e. The van der Waals surface area contributed by atoms with E-state index in [0.29, 0.717) is 17.1 Å². The second-order valence-corrected chi connectivity index (χ2v) is 4.56. The van der Waals surface area contributed by atoms with E-state index in [-0.39, 0.29) is 24.5 Å². The van der Waals surface area contributed by atoms with E-state index in [9.17, 15) is 4.79 Å². The fourth-order valence-electron chi connectivity index (χ4n) is 2.07. The third-order valence-electron chi connectivity index (χ3n) is 3.07. The molecule has 0 spiro atoms. The van der Waals surface area contributed by atoms with Crippen LogP contribution in [0.15, 0.2) is 18.3 Å². The molecule has 2 rings (SSSR count). The van der Waals surface area contributed by atoms with Crippen molar-refractivity contribution in [2.45, 2.75) is 26.3 Å². The van der Waals surface area contributed by atoms with Gasteiger partial charge in [-0.3, -0.25) is 4.79 Å². The summed E-state index contributed by atoms with van der Waals surface area (Å²) in [5.41, 5.74) is 1.18. The number of aryl methyl sites for hydroxylation is 2. The Hall–Kier alpha value is -1.75. The Morgan fingerprint density at radius 2 is 2.28 bits per heavy atom. The third-order valence-corrected chi connectivity index (χ3v) is 3.07. The topological polar surface area (TPSA) is 75.1 Å². The van der Waals surface area contributed by atoms with Crippen molar-refractivity contribution in [1.29, 1.82) is 0 Å². The smallest absolute Gasteiger partial charge is 0.255 e. The molecular formula is C13H17N3O2. The van der Waals surface area contributed by atoms with Gasteiger partial charge in [0, 0.05) is 24.8 Å². The lowest BCUT2D eigenvalue weighted by atomic mass is 10.1. The van der Waals surface area contributed by atoms with Crippen LogP contribution in [0, 0.1) is 19.8 Å². The van der Waals surface area contributed by atoms with E-state index in [0.717, 1.165) is 6.42 Å². The van der Waals surface area contributed by atoms with Crippen LogP contribution in [0.3, 0.4) is 0 Å². The summed E-state index contributed by atoms with van der Waals surface area (Å²) in [6.07, 6.45) is 6.15. The number of rotatable bonds is 3. The fourth-order valence-corrected chi connectivity index (χ4v) is 2.07. The Morgan fingerprint density at radius 3 is 2.89 bits per heavy atom. The van der Waals surface area contributed by atoms with E-state index in [1.807, 2.05) is 12.2 Å². The van der Waals surface area contributed by atoms with Gasteiger partial charge in [-0.25, -0.2) is 9.97 Å². The van der Waals surface area contributed by atoms with Gasteiger partial charge in [-0.05, 0) is 20.3 Å². The molecule has 0 unspecified atom stereocenters. The van der Waals surface area contributed by atoms with Gasteiger partial charge in [-0.1, -0.05) is 12.2 Å². The van der Waals surface area contributed by atoms with E-state index in [2.05, 4.69) is 15.3 Å². The number of hydrogen-bond acceptors (Lipinski definition) is 4. The molecule has 1 aromatic rings. The van der Waals surface area contributed by atoms with Crippen LogP contribution in [-0.4, -0.2) is 33.6 Å². The molecule has 18 heavy (non-hydrogen) atoms. The van der Waals surface area contributed by atoms with Crippen LogP contribution in [0.5, 0.6) is 0 Å². The van der Waals surface area contributed by atoms with E-state index in [1.54, 1.807) is 20.0 Å². The van der Waals surface area contributed by atoms with E-state index in [4.69, 9.17) is 5.11 Å². The molecule has 0 saturated carbocycles. The summed E-state index contributed by atoms with van der Waals surface area (Å²) in [5.74, 6) is 0.636. The number of hydrogen-bond donors (Lipinski definition) is 2. The molecule has 0 radical (unpaired) electrons. The summed E-state index contributed by atoms with van der Waals surface area (Å²) in [5, 5.41) is 11.9. The predicted molar refractivity (Wildman–Crippen MR) is 67.1 cm³/mol. The zero-order valence-electron chi connectivity index (χ0n) is 10.6. The average molecular weight is 247 g/mol. The molecular weight excluding hydrogens is 230 g/mol. The predicted octanol–water partition coefficient (Wildman–Crippen LogP) is 0.760. The average Bonchev–Trinajstić information content (AvgIpc) is 2.76. The van der Waals surface area contributed by atoms with Gasteiger partial charge in [0.05, 0.1) is 11.3 Å². The molecule has 0 fully saturated rings. The zero-order valence-corrected chi connectivity index (χ0v) is 10.6. The lowest BCUT2D eigenvalue weighted by Gasteiger charge is -2.13. The molecule has 5 nitrogen and oxygen atoms in total. The zero-order chi connectivity index (χ0) is 13.1. The summed E-state index contributed by atoms with van der Waals surface area (Å²) in [6, 6.07) is -0.0182. The van der Waals surface area contributed by atoms with Crippen LogP contribution < -0.4 is 5.32 Å². The summed E-state index contributed by atoms with van der Waals surface area (Å²) in [6.45, 7) is 3.71. The summed E-state index contributed by atoms with van der Waals surface area (Å²) >= 11 is 0. The van der Waals surface area contributed by atoms with E-state index in [1.165, 1.54) is 0 Å². The number of aliphatic hydroxyl groups is 1. The highest BCUT2D eigenvalue weighted by molar-refractivity contribution is 5.95. The lowest BCUT2D eigenvalue weighted by molar-refractivity contribution is 0.0939. The highest BCUT2D eigenvalue weighted by atomic mass is 16.3. The Morgan fingerprint density at radius 1 is 1.50 bits per heavy atom. The van der Waals surface area contributed by atoms with Crippen molar-refractivity contribution in [3.8, 4) is 0 Å². The molecule has 1 heterocycles. The SMILES string of the molecule is Cc1ncc(C(=O)N[C@@H]2C=C[C@H](CO)C2)c(C)n1. The number of nitrogens with zero attached hydrogens (tertiary/aromatic N) is 2. The number of carbonyl (C=O) groups is 1. The monoisotopic (exact) mass is 247 g/mol. The Balaban J connectivity index is 2.02. The Bertz CT molecular complexity index is 485. The molecule has 96 valence electrons. The van der Waals surface area contributed by atoms with Crippen molar-refractivity contribution in [2.24, 2.45) is 5.92 Å². The minimum atomic E-state index is -0.166. The normalized spacial score (nSPS) is 22.2. The molecule has 0 aliphatic heterocycles. The Kier molecular flexibility index (Phi) is 3.72. The standard InChI is InChI=1S/C13H17N3O2/c1-8-12(6-14-9(2)15-8)13(18)16-11-4-3-10(5-11)7-17/h3-4,6,10-11,17H,5,7H2,1-2H3,(H,16,18)/t10-,11+/m0/s1. The summed E-state index contributed by atoms with van der Waals surface area (Å²) in [7, 11) is 0. The van der Waals surface area contributed by atoms with Crippen LogP contribution in [-0.2, 0) is 0 Å². The number of aliphatic hydroxyl groups excluding tert-OH is 1. The number of carbonyl (C=O) groups excluding carboxylic acids is 1. The van der Waals surface area contributed by atoms with Crippen molar-refractivity contribution in [1.82, 2.24) is 15.3 Å². The number of amides is 1. The molecule has 1 amide bonds. The van der Waals surface area contributed by atoms with Gasteiger partial charge in [0.15, 0.2) is 0 Å². The van der Waals surface area contributed by atoms with Crippen LogP contribution in [0.1, 0.15) is 28.3 Å². The van der Waals surface area contributed by atoms with Gasteiger partial charge >= 0.3 is 0 Å². The Labute approximate surface area is 106 Å². The van der Waals surface area contributed by atoms with Crippen LogP contribution >= 0.6 is 0 Å². The quantitative estimate of drug-likeness (QED) is 0.773. The van der Waals surface area contributed by atoms with Crippen LogP contribution in [0.25, 0.3) is 0 Å². The molecule has 0 bridgehead atoms. The maximum absolute atomic E-state index is 12.0. The van der Waals surface area contributed by atoms with Crippen molar-refractivity contribution in [2.75, 3.05) is 6.61 Å². The molecule has 0 saturated heterocycles. The molecule has 1 aliphatic carbocycles. The summed E-state index contributed by atoms with van der Waals surface area (Å²) < 4.78 is 0. The van der Waals surface area contributed by atoms with Gasteiger partial charge < -0.3 is 10.4 Å². The van der Waals surface area contributed by atoms with Gasteiger partial charge in [-0.2, -0.15) is 0 Å². The minimum absolute atomic E-state index is 0.0182. The number of aromatic nitrogens is 2. The second-order valence-electron chi connectivity index (χ2n) is 4.56. The molecule has 5 heteroatoms. The van der Waals surface area contributed by atoms with Crippen molar-refractivity contribution < 1.29 is 9.90 Å².